The van der Waals surface area contributed by atoms with Crippen LogP contribution in [0.3, 0.4) is 0 Å². The van der Waals surface area contributed by atoms with Crippen LogP contribution in [0.5, 0.6) is 0 Å². The van der Waals surface area contributed by atoms with Crippen molar-refractivity contribution in [2.24, 2.45) is 5.73 Å². The van der Waals surface area contributed by atoms with Gasteiger partial charge < -0.3 is 10.5 Å². The second kappa shape index (κ2) is 5.02. The summed E-state index contributed by atoms with van der Waals surface area (Å²) in [6.45, 7) is 4.53. The molecule has 0 aliphatic heterocycles. The molecule has 0 saturated carbocycles. The Morgan fingerprint density at radius 2 is 2.29 bits per heavy atom. The highest BCUT2D eigenvalue weighted by Crippen LogP contribution is 2.14. The molecule has 0 aromatic carbocycles. The fourth-order valence-corrected chi connectivity index (χ4v) is 1.31. The average molecular weight is 199 g/mol. The Hall–Kier alpha value is -1.01. The monoisotopic (exact) mass is 199 g/mol. The first-order valence-electron chi connectivity index (χ1n) is 4.73. The lowest BCUT2D eigenvalue weighted by Crippen LogP contribution is -2.21. The van der Waals surface area contributed by atoms with E-state index in [2.05, 4.69) is 22.4 Å². The van der Waals surface area contributed by atoms with E-state index in [-0.39, 0.29) is 12.1 Å². The molecule has 0 spiro atoms. The van der Waals surface area contributed by atoms with Crippen LogP contribution in [0.4, 0.5) is 0 Å². The largest absolute Gasteiger partial charge is 0.382 e. The van der Waals surface area contributed by atoms with E-state index in [4.69, 9.17) is 10.5 Å². The maximum Gasteiger partial charge on any atom is 0.168 e. The highest BCUT2D eigenvalue weighted by molar-refractivity contribution is 4.90. The van der Waals surface area contributed by atoms with Gasteiger partial charge in [0.25, 0.3) is 0 Å². The minimum absolute atomic E-state index is 0.157. The molecule has 0 bridgehead atoms. The molecule has 1 heterocycles. The van der Waals surface area contributed by atoms with Gasteiger partial charge in [0.2, 0.25) is 0 Å². The third-order valence-corrected chi connectivity index (χ3v) is 2.10. The molecule has 6 nitrogen and oxygen atoms in total. The van der Waals surface area contributed by atoms with E-state index in [0.717, 1.165) is 6.42 Å². The van der Waals surface area contributed by atoms with Crippen LogP contribution in [0.1, 0.15) is 38.2 Å². The molecule has 2 unspecified atom stereocenters. The normalized spacial score (nSPS) is 15.4. The molecule has 14 heavy (non-hydrogen) atoms. The van der Waals surface area contributed by atoms with Gasteiger partial charge in [-0.1, -0.05) is 6.92 Å². The number of tetrazole rings is 1. The second-order valence-electron chi connectivity index (χ2n) is 3.29. The molecule has 6 heteroatoms. The summed E-state index contributed by atoms with van der Waals surface area (Å²) < 4.78 is 6.84. The lowest BCUT2D eigenvalue weighted by molar-refractivity contribution is 0.144. The molecule has 0 radical (unpaired) electrons. The van der Waals surface area contributed by atoms with Crippen LogP contribution in [0.2, 0.25) is 0 Å². The molecular weight excluding hydrogens is 182 g/mol. The summed E-state index contributed by atoms with van der Waals surface area (Å²) in [5.41, 5.74) is 5.74. The third kappa shape index (κ3) is 2.27. The number of aromatic nitrogens is 4. The van der Waals surface area contributed by atoms with E-state index in [1.165, 1.54) is 0 Å². The van der Waals surface area contributed by atoms with Crippen molar-refractivity contribution >= 4 is 0 Å². The van der Waals surface area contributed by atoms with Crippen LogP contribution < -0.4 is 5.73 Å². The SMILES string of the molecule is CCC(COC)n1nnnc1C(C)N. The second-order valence-corrected chi connectivity index (χ2v) is 3.29. The summed E-state index contributed by atoms with van der Waals surface area (Å²) in [7, 11) is 1.67. The zero-order valence-electron chi connectivity index (χ0n) is 8.84. The summed E-state index contributed by atoms with van der Waals surface area (Å²) in [4.78, 5) is 0. The molecule has 2 N–H and O–H groups in total. The van der Waals surface area contributed by atoms with E-state index in [9.17, 15) is 0 Å². The number of nitrogens with zero attached hydrogens (tertiary/aromatic N) is 4. The van der Waals surface area contributed by atoms with Gasteiger partial charge >= 0.3 is 0 Å². The van der Waals surface area contributed by atoms with Crippen LogP contribution in [-0.4, -0.2) is 33.9 Å². The van der Waals surface area contributed by atoms with Crippen LogP contribution in [0, 0.1) is 0 Å². The number of rotatable bonds is 5. The first kappa shape index (κ1) is 11.1. The Bertz CT molecular complexity index is 272. The Kier molecular flexibility index (Phi) is 3.97. The van der Waals surface area contributed by atoms with Crippen LogP contribution in [0.15, 0.2) is 0 Å². The molecule has 2 atom stereocenters. The highest BCUT2D eigenvalue weighted by atomic mass is 16.5. The highest BCUT2D eigenvalue weighted by Gasteiger charge is 2.17. The fraction of sp³-hybridized carbons (Fsp3) is 0.875. The smallest absolute Gasteiger partial charge is 0.168 e. The molecule has 1 rings (SSSR count). The van der Waals surface area contributed by atoms with Gasteiger partial charge in [-0.15, -0.1) is 5.10 Å². The summed E-state index contributed by atoms with van der Waals surface area (Å²) in [6.07, 6.45) is 0.915. The Labute approximate surface area is 83.4 Å². The van der Waals surface area contributed by atoms with Crippen molar-refractivity contribution in [2.45, 2.75) is 32.4 Å². The van der Waals surface area contributed by atoms with Gasteiger partial charge in [-0.05, 0) is 23.8 Å². The van der Waals surface area contributed by atoms with Gasteiger partial charge in [0.15, 0.2) is 5.82 Å². The number of nitrogens with two attached hydrogens (primary N) is 1. The van der Waals surface area contributed by atoms with Gasteiger partial charge in [-0.2, -0.15) is 0 Å². The fourth-order valence-electron chi connectivity index (χ4n) is 1.31. The first-order chi connectivity index (χ1) is 6.70. The van der Waals surface area contributed by atoms with E-state index >= 15 is 0 Å². The summed E-state index contributed by atoms with van der Waals surface area (Å²) in [5.74, 6) is 0.703. The van der Waals surface area contributed by atoms with Crippen molar-refractivity contribution in [1.82, 2.24) is 20.2 Å². The van der Waals surface area contributed by atoms with Crippen molar-refractivity contribution in [1.29, 1.82) is 0 Å². The number of hydrogen-bond donors (Lipinski definition) is 1. The van der Waals surface area contributed by atoms with Crippen LogP contribution >= 0.6 is 0 Å². The van der Waals surface area contributed by atoms with E-state index in [0.29, 0.717) is 12.4 Å². The van der Waals surface area contributed by atoms with Gasteiger partial charge in [0.05, 0.1) is 18.7 Å². The van der Waals surface area contributed by atoms with Crippen molar-refractivity contribution in [3.63, 3.8) is 0 Å². The molecule has 0 aliphatic carbocycles. The maximum atomic E-state index is 5.74. The molecule has 0 amide bonds. The van der Waals surface area contributed by atoms with Crippen molar-refractivity contribution in [3.8, 4) is 0 Å². The third-order valence-electron chi connectivity index (χ3n) is 2.10. The lowest BCUT2D eigenvalue weighted by Gasteiger charge is -2.16. The quantitative estimate of drug-likeness (QED) is 0.737. The molecule has 0 saturated heterocycles. The molecule has 0 aliphatic rings. The topological polar surface area (TPSA) is 78.8 Å². The predicted molar refractivity (Wildman–Crippen MR) is 51.6 cm³/mol. The average Bonchev–Trinajstić information content (AvgIpc) is 2.62. The first-order valence-corrected chi connectivity index (χ1v) is 4.73. The van der Waals surface area contributed by atoms with Gasteiger partial charge in [0.1, 0.15) is 0 Å². The summed E-state index contributed by atoms with van der Waals surface area (Å²) in [5, 5.41) is 11.4. The zero-order chi connectivity index (χ0) is 10.6. The Balaban J connectivity index is 2.86. The molecule has 80 valence electrons. The summed E-state index contributed by atoms with van der Waals surface area (Å²) >= 11 is 0. The van der Waals surface area contributed by atoms with Crippen molar-refractivity contribution < 1.29 is 4.74 Å². The predicted octanol–water partition coefficient (Wildman–Crippen LogP) is 0.290. The van der Waals surface area contributed by atoms with E-state index < -0.39 is 0 Å². The molecular formula is C8H17N5O. The Morgan fingerprint density at radius 3 is 2.79 bits per heavy atom. The standard InChI is InChI=1S/C8H17N5O/c1-4-7(5-14-3)13-8(6(2)9)10-11-12-13/h6-7H,4-5,9H2,1-3H3. The minimum atomic E-state index is -0.157. The van der Waals surface area contributed by atoms with E-state index in [1.807, 2.05) is 6.92 Å². The van der Waals surface area contributed by atoms with E-state index in [1.54, 1.807) is 11.8 Å². The van der Waals surface area contributed by atoms with Crippen molar-refractivity contribution in [3.05, 3.63) is 5.82 Å². The summed E-state index contributed by atoms with van der Waals surface area (Å²) in [6, 6.07) is 0.00639. The number of methoxy groups -OCH3 is 1. The lowest BCUT2D eigenvalue weighted by atomic mass is 10.2. The molecule has 1 aromatic heterocycles. The van der Waals surface area contributed by atoms with Gasteiger partial charge in [0, 0.05) is 7.11 Å². The molecule has 0 fully saturated rings. The molecule has 1 aromatic rings. The van der Waals surface area contributed by atoms with Crippen LogP contribution in [0.25, 0.3) is 0 Å². The number of hydrogen-bond acceptors (Lipinski definition) is 5. The Morgan fingerprint density at radius 1 is 1.57 bits per heavy atom. The van der Waals surface area contributed by atoms with Crippen molar-refractivity contribution in [2.75, 3.05) is 13.7 Å². The zero-order valence-corrected chi connectivity index (χ0v) is 8.84. The number of ether oxygens (including phenoxy) is 1. The van der Waals surface area contributed by atoms with Gasteiger partial charge in [-0.3, -0.25) is 0 Å². The van der Waals surface area contributed by atoms with Crippen LogP contribution in [-0.2, 0) is 4.74 Å². The minimum Gasteiger partial charge on any atom is -0.382 e. The maximum absolute atomic E-state index is 5.74. The van der Waals surface area contributed by atoms with Gasteiger partial charge in [-0.25, -0.2) is 4.68 Å².